The third-order valence-corrected chi connectivity index (χ3v) is 13.3. The zero-order valence-corrected chi connectivity index (χ0v) is 31.6. The van der Waals surface area contributed by atoms with Crippen LogP contribution in [0, 0.1) is 11.7 Å². The lowest BCUT2D eigenvalue weighted by atomic mass is 10.0. The Morgan fingerprint density at radius 1 is 1.09 bits per heavy atom. The first-order chi connectivity index (χ1) is 25.0. The van der Waals surface area contributed by atoms with Gasteiger partial charge in [-0.1, -0.05) is 44.1 Å². The molecule has 6 rings (SSSR count). The average Bonchev–Trinajstić information content (AvgIpc) is 3.92. The van der Waals surface area contributed by atoms with E-state index >= 15 is 0 Å². The van der Waals surface area contributed by atoms with Crippen LogP contribution >= 0.6 is 0 Å². The first kappa shape index (κ1) is 38.5. The largest absolute Gasteiger partial charge is 0.444 e. The van der Waals surface area contributed by atoms with Crippen molar-refractivity contribution in [2.24, 2.45) is 5.92 Å². The van der Waals surface area contributed by atoms with Crippen molar-refractivity contribution < 1.29 is 46.3 Å². The van der Waals surface area contributed by atoms with Crippen LogP contribution in [0.2, 0.25) is 0 Å². The number of carbonyl (C=O) groups excluding carboxylic acids is 5. The van der Waals surface area contributed by atoms with Crippen molar-refractivity contribution in [1.82, 2.24) is 25.2 Å². The van der Waals surface area contributed by atoms with Crippen LogP contribution < -0.4 is 15.4 Å². The molecule has 3 N–H and O–H groups in total. The molecule has 0 aromatic heterocycles. The second kappa shape index (κ2) is 14.6. The number of alkyl carbamates (subject to hydrolysis) is 1. The van der Waals surface area contributed by atoms with Crippen LogP contribution in [-0.2, 0) is 47.0 Å². The number of sulfonamides is 1. The first-order valence-electron chi connectivity index (χ1n) is 18.5. The molecule has 14 nitrogen and oxygen atoms in total. The van der Waals surface area contributed by atoms with E-state index in [-0.39, 0.29) is 38.9 Å². The van der Waals surface area contributed by atoms with Crippen molar-refractivity contribution >= 4 is 39.9 Å². The van der Waals surface area contributed by atoms with Crippen LogP contribution in [0.4, 0.5) is 14.0 Å². The Kier molecular flexibility index (Phi) is 10.6. The zero-order valence-electron chi connectivity index (χ0n) is 30.7. The number of carbonyl (C=O) groups is 5. The lowest BCUT2D eigenvalue weighted by Crippen LogP contribution is -2.58. The van der Waals surface area contributed by atoms with Gasteiger partial charge in [-0.15, -0.1) is 0 Å². The number of ether oxygens (including phenoxy) is 2. The lowest BCUT2D eigenvalue weighted by molar-refractivity contribution is -0.141. The summed E-state index contributed by atoms with van der Waals surface area (Å²) in [4.78, 5) is 71.3. The summed E-state index contributed by atoms with van der Waals surface area (Å²) in [5.74, 6) is -3.07. The number of fused-ring (bicyclic) bond motifs is 3. The topological polar surface area (TPSA) is 181 Å². The Hall–Kier alpha value is -4.21. The molecule has 5 aliphatic rings. The third kappa shape index (κ3) is 8.16. The van der Waals surface area contributed by atoms with E-state index in [0.717, 1.165) is 12.8 Å². The molecule has 0 radical (unpaired) electrons. The summed E-state index contributed by atoms with van der Waals surface area (Å²) < 4.78 is 53.5. The van der Waals surface area contributed by atoms with Crippen molar-refractivity contribution in [3.63, 3.8) is 0 Å². The quantitative estimate of drug-likeness (QED) is 0.363. The predicted molar refractivity (Wildman–Crippen MR) is 190 cm³/mol. The number of benzene rings is 1. The van der Waals surface area contributed by atoms with Crippen LogP contribution in [0.5, 0.6) is 0 Å². The summed E-state index contributed by atoms with van der Waals surface area (Å²) in [6.45, 7) is 6.77. The van der Waals surface area contributed by atoms with Crippen LogP contribution in [0.15, 0.2) is 30.4 Å². The van der Waals surface area contributed by atoms with Crippen molar-refractivity contribution in [2.45, 2.75) is 139 Å². The van der Waals surface area contributed by atoms with Gasteiger partial charge >= 0.3 is 12.2 Å². The van der Waals surface area contributed by atoms with Gasteiger partial charge in [0, 0.05) is 24.4 Å². The van der Waals surface area contributed by atoms with Gasteiger partial charge in [-0.05, 0) is 77.3 Å². The molecule has 3 aliphatic heterocycles. The fourth-order valence-corrected chi connectivity index (χ4v) is 9.28. The number of hydrogen-bond donors (Lipinski definition) is 3. The second-order valence-corrected chi connectivity index (χ2v) is 18.1. The van der Waals surface area contributed by atoms with Gasteiger partial charge in [-0.3, -0.25) is 24.0 Å². The molecule has 1 saturated heterocycles. The Morgan fingerprint density at radius 2 is 1.85 bits per heavy atom. The molecule has 1 aromatic rings. The number of hydrogen-bond acceptors (Lipinski definition) is 9. The van der Waals surface area contributed by atoms with Crippen molar-refractivity contribution in [3.05, 3.63) is 47.3 Å². The number of amides is 5. The molecule has 0 bridgehead atoms. The van der Waals surface area contributed by atoms with Crippen molar-refractivity contribution in [3.8, 4) is 0 Å². The average molecular weight is 760 g/mol. The maximum Gasteiger partial charge on any atom is 0.410 e. The highest BCUT2D eigenvalue weighted by Gasteiger charge is 2.63. The highest BCUT2D eigenvalue weighted by atomic mass is 32.2. The molecule has 53 heavy (non-hydrogen) atoms. The minimum atomic E-state index is -4.03. The van der Waals surface area contributed by atoms with E-state index in [1.54, 1.807) is 39.8 Å². The molecule has 5 amide bonds. The molecular formula is C37H50FN5O9S. The molecule has 1 aromatic carbocycles. The van der Waals surface area contributed by atoms with Gasteiger partial charge in [0.2, 0.25) is 21.8 Å². The van der Waals surface area contributed by atoms with Gasteiger partial charge in [-0.25, -0.2) is 22.4 Å². The van der Waals surface area contributed by atoms with Gasteiger partial charge in [0.1, 0.15) is 35.1 Å². The minimum Gasteiger partial charge on any atom is -0.444 e. The Balaban J connectivity index is 1.26. The van der Waals surface area contributed by atoms with Gasteiger partial charge in [0.25, 0.3) is 5.91 Å². The highest BCUT2D eigenvalue weighted by molar-refractivity contribution is 7.91. The Bertz CT molecular complexity index is 1790. The van der Waals surface area contributed by atoms with E-state index in [1.807, 2.05) is 12.2 Å². The van der Waals surface area contributed by atoms with E-state index in [2.05, 4.69) is 15.4 Å². The number of halogens is 1. The maximum absolute atomic E-state index is 14.4. The molecule has 2 saturated carbocycles. The number of nitrogens with zero attached hydrogens (tertiary/aromatic N) is 2. The standard InChI is InChI=1S/C37H50FN5O9S/c1-5-36(16-17-36)53(49,50)41-32(46)37-19-24(37)13-9-7-6-8-10-15-28(39-33(47)52-35(2,3)4)31(45)43-21-25(18-29(43)30(44)40-37)51-34(48)42-20-23-12-11-14-27(38)26(23)22-42/h9,11-14,24-25,28-29H,5-8,10,15-22H2,1-4H3,(H,39,47)(H,40,44)(H,41,46)/b13-9-/t24-,25+,28-,29-,37+/m0/s1. The van der Waals surface area contributed by atoms with E-state index in [9.17, 15) is 36.8 Å². The van der Waals surface area contributed by atoms with Crippen LogP contribution in [-0.4, -0.2) is 88.7 Å². The Labute approximate surface area is 309 Å². The monoisotopic (exact) mass is 759 g/mol. The lowest BCUT2D eigenvalue weighted by Gasteiger charge is -2.30. The van der Waals surface area contributed by atoms with E-state index in [1.165, 1.54) is 15.9 Å². The molecule has 16 heteroatoms. The van der Waals surface area contributed by atoms with E-state index in [4.69, 9.17) is 9.47 Å². The fourth-order valence-electron chi connectivity index (χ4n) is 7.62. The summed E-state index contributed by atoms with van der Waals surface area (Å²) in [7, 11) is -4.03. The van der Waals surface area contributed by atoms with Crippen molar-refractivity contribution in [1.29, 1.82) is 0 Å². The summed E-state index contributed by atoms with van der Waals surface area (Å²) >= 11 is 0. The smallest absolute Gasteiger partial charge is 0.410 e. The third-order valence-electron chi connectivity index (χ3n) is 11.0. The second-order valence-electron chi connectivity index (χ2n) is 16.0. The summed E-state index contributed by atoms with van der Waals surface area (Å²) in [5, 5.41) is 5.48. The molecule has 3 heterocycles. The number of rotatable bonds is 6. The molecular weight excluding hydrogens is 709 g/mol. The molecule has 5 atom stereocenters. The molecule has 0 unspecified atom stereocenters. The number of nitrogens with one attached hydrogen (secondary N) is 3. The number of allylic oxidation sites excluding steroid dienone is 1. The highest BCUT2D eigenvalue weighted by Crippen LogP contribution is 2.49. The van der Waals surface area contributed by atoms with Gasteiger partial charge in [0.15, 0.2) is 0 Å². The SMILES string of the molecule is CCC1(S(=O)(=O)NC(=O)[C@@]23C[C@@H]2/C=C\CCCCC[C@H](NC(=O)OC(C)(C)C)C(=O)N2C[C@H](OC(=O)N4Cc5cccc(F)c5C4)C[C@H]2C(=O)N3)CC1. The maximum atomic E-state index is 14.4. The van der Waals surface area contributed by atoms with Crippen LogP contribution in [0.1, 0.15) is 103 Å². The van der Waals surface area contributed by atoms with Crippen LogP contribution in [0.25, 0.3) is 0 Å². The predicted octanol–water partition coefficient (Wildman–Crippen LogP) is 3.92. The summed E-state index contributed by atoms with van der Waals surface area (Å²) in [6.07, 6.45) is 5.42. The first-order valence-corrected chi connectivity index (χ1v) is 20.0. The molecule has 290 valence electrons. The van der Waals surface area contributed by atoms with E-state index in [0.29, 0.717) is 43.2 Å². The molecule has 0 spiro atoms. The van der Waals surface area contributed by atoms with Crippen molar-refractivity contribution in [2.75, 3.05) is 6.54 Å². The Morgan fingerprint density at radius 3 is 2.53 bits per heavy atom. The van der Waals surface area contributed by atoms with Crippen LogP contribution in [0.3, 0.4) is 0 Å². The van der Waals surface area contributed by atoms with Gasteiger partial charge < -0.3 is 25.0 Å². The van der Waals surface area contributed by atoms with Gasteiger partial charge in [0.05, 0.1) is 17.8 Å². The van der Waals surface area contributed by atoms with Gasteiger partial charge in [-0.2, -0.15) is 0 Å². The molecule has 2 aliphatic carbocycles. The zero-order chi connectivity index (χ0) is 38.3. The summed E-state index contributed by atoms with van der Waals surface area (Å²) in [5.41, 5.74) is -1.38. The summed E-state index contributed by atoms with van der Waals surface area (Å²) in [6, 6.07) is 2.29. The fraction of sp³-hybridized carbons (Fsp3) is 0.649. The molecule has 3 fully saturated rings. The normalized spacial score (nSPS) is 28.9. The minimum absolute atomic E-state index is 0.00321. The van der Waals surface area contributed by atoms with E-state index < -0.39 is 85.7 Å².